The van der Waals surface area contributed by atoms with E-state index < -0.39 is 0 Å². The van der Waals surface area contributed by atoms with Crippen LogP contribution in [0, 0.1) is 6.92 Å². The first-order valence-electron chi connectivity index (χ1n) is 9.27. The molecule has 0 bridgehead atoms. The second-order valence-electron chi connectivity index (χ2n) is 5.95. The number of fused-ring (bicyclic) bond motifs is 1. The van der Waals surface area contributed by atoms with Crippen LogP contribution in [0.1, 0.15) is 19.2 Å². The minimum Gasteiger partial charge on any atom is -0.382 e. The number of hydrogen-bond donors (Lipinski definition) is 2. The van der Waals surface area contributed by atoms with Crippen LogP contribution in [0.15, 0.2) is 29.3 Å². The Bertz CT molecular complexity index is 684. The van der Waals surface area contributed by atoms with E-state index in [4.69, 9.17) is 9.47 Å². The Hall–Kier alpha value is -2.12. The summed E-state index contributed by atoms with van der Waals surface area (Å²) in [5, 5.41) is 6.55. The molecule has 0 aliphatic rings. The molecule has 0 radical (unpaired) electrons. The molecule has 0 unspecified atom stereocenters. The van der Waals surface area contributed by atoms with Gasteiger partial charge in [-0.3, -0.25) is 4.99 Å². The summed E-state index contributed by atoms with van der Waals surface area (Å²) >= 11 is 0. The van der Waals surface area contributed by atoms with Gasteiger partial charge in [0.2, 0.25) is 0 Å². The molecule has 0 saturated heterocycles. The molecule has 0 aliphatic carbocycles. The van der Waals surface area contributed by atoms with Gasteiger partial charge in [0.1, 0.15) is 5.82 Å². The van der Waals surface area contributed by atoms with Crippen LogP contribution in [0.5, 0.6) is 0 Å². The van der Waals surface area contributed by atoms with Gasteiger partial charge >= 0.3 is 0 Å². The lowest BCUT2D eigenvalue weighted by molar-refractivity contribution is 0.0733. The highest BCUT2D eigenvalue weighted by Crippen LogP contribution is 2.15. The molecule has 0 aliphatic heterocycles. The zero-order valence-electron chi connectivity index (χ0n) is 16.1. The van der Waals surface area contributed by atoms with E-state index in [0.717, 1.165) is 49.9 Å². The van der Waals surface area contributed by atoms with E-state index in [2.05, 4.69) is 57.2 Å². The molecule has 7 heteroatoms. The molecule has 2 N–H and O–H groups in total. The first kappa shape index (κ1) is 20.2. The summed E-state index contributed by atoms with van der Waals surface area (Å²) in [6.07, 6.45) is 0.960. The van der Waals surface area contributed by atoms with Crippen LogP contribution in [-0.4, -0.2) is 62.1 Å². The van der Waals surface area contributed by atoms with E-state index in [1.807, 2.05) is 6.07 Å². The quantitative estimate of drug-likeness (QED) is 0.364. The molecular formula is C19H31N5O2. The topological polar surface area (TPSA) is 72.7 Å². The number of imidazole rings is 1. The van der Waals surface area contributed by atoms with Crippen LogP contribution >= 0.6 is 0 Å². The minimum atomic E-state index is 0.615. The number of aliphatic imine (C=N–C) groups is 1. The molecule has 26 heavy (non-hydrogen) atoms. The van der Waals surface area contributed by atoms with Crippen LogP contribution in [0.2, 0.25) is 0 Å². The van der Waals surface area contributed by atoms with Crippen LogP contribution in [-0.2, 0) is 16.0 Å². The van der Waals surface area contributed by atoms with E-state index in [1.165, 1.54) is 5.52 Å². The van der Waals surface area contributed by atoms with E-state index in [9.17, 15) is 0 Å². The number of rotatable bonds is 11. The number of para-hydroxylation sites is 2. The summed E-state index contributed by atoms with van der Waals surface area (Å²) in [5.41, 5.74) is 2.24. The maximum atomic E-state index is 5.45. The number of methoxy groups -OCH3 is 1. The number of hydrogen-bond acceptors (Lipinski definition) is 4. The second-order valence-corrected chi connectivity index (χ2v) is 5.95. The summed E-state index contributed by atoms with van der Waals surface area (Å²) in [7, 11) is 1.67. The van der Waals surface area contributed by atoms with Gasteiger partial charge in [-0.1, -0.05) is 12.1 Å². The second kappa shape index (κ2) is 11.5. The fourth-order valence-corrected chi connectivity index (χ4v) is 2.73. The number of nitrogens with zero attached hydrogens (tertiary/aromatic N) is 3. The smallest absolute Gasteiger partial charge is 0.191 e. The van der Waals surface area contributed by atoms with Crippen molar-refractivity contribution in [2.45, 2.75) is 26.8 Å². The molecule has 0 saturated carbocycles. The van der Waals surface area contributed by atoms with E-state index >= 15 is 0 Å². The van der Waals surface area contributed by atoms with Crippen molar-refractivity contribution < 1.29 is 9.47 Å². The van der Waals surface area contributed by atoms with Crippen LogP contribution in [0.25, 0.3) is 11.0 Å². The molecule has 7 nitrogen and oxygen atoms in total. The largest absolute Gasteiger partial charge is 0.382 e. The summed E-state index contributed by atoms with van der Waals surface area (Å²) in [6.45, 7) is 9.21. The van der Waals surface area contributed by atoms with Crippen molar-refractivity contribution in [3.05, 3.63) is 30.1 Å². The lowest BCUT2D eigenvalue weighted by atomic mass is 10.3. The Morgan fingerprint density at radius 2 is 2.04 bits per heavy atom. The highest BCUT2D eigenvalue weighted by molar-refractivity contribution is 5.79. The van der Waals surface area contributed by atoms with Crippen LogP contribution in [0.4, 0.5) is 0 Å². The van der Waals surface area contributed by atoms with Crippen molar-refractivity contribution in [2.75, 3.05) is 46.6 Å². The van der Waals surface area contributed by atoms with Crippen molar-refractivity contribution in [3.8, 4) is 0 Å². The molecule has 1 heterocycles. The molecule has 0 fully saturated rings. The fraction of sp³-hybridized carbons (Fsp3) is 0.579. The number of aromatic nitrogens is 2. The SMILES string of the molecule is CCNC(=NCCCn1c(C)nc2ccccc21)NCCOCCOC. The standard InChI is InChI=1S/C19H31N5O2/c1-4-20-19(22-11-13-26-15-14-25-3)21-10-7-12-24-16(2)23-17-8-5-6-9-18(17)24/h5-6,8-9H,4,7,10-15H2,1-3H3,(H2,20,21,22). The number of guanidine groups is 1. The number of benzene rings is 1. The molecule has 2 rings (SSSR count). The molecule has 0 amide bonds. The monoisotopic (exact) mass is 361 g/mol. The molecule has 2 aromatic rings. The van der Waals surface area contributed by atoms with Gasteiger partial charge in [-0.2, -0.15) is 0 Å². The summed E-state index contributed by atoms with van der Waals surface area (Å²) in [4.78, 5) is 9.24. The van der Waals surface area contributed by atoms with Gasteiger partial charge < -0.3 is 24.7 Å². The maximum Gasteiger partial charge on any atom is 0.191 e. The Morgan fingerprint density at radius 3 is 2.85 bits per heavy atom. The van der Waals surface area contributed by atoms with Gasteiger partial charge in [0.05, 0.1) is 30.9 Å². The van der Waals surface area contributed by atoms with Crippen molar-refractivity contribution in [1.82, 2.24) is 20.2 Å². The maximum absolute atomic E-state index is 5.45. The molecular weight excluding hydrogens is 330 g/mol. The first-order valence-corrected chi connectivity index (χ1v) is 9.27. The predicted octanol–water partition coefficient (Wildman–Crippen LogP) is 1.95. The van der Waals surface area contributed by atoms with Gasteiger partial charge in [0, 0.05) is 33.3 Å². The summed E-state index contributed by atoms with van der Waals surface area (Å²) in [5.74, 6) is 1.88. The lowest BCUT2D eigenvalue weighted by Crippen LogP contribution is -2.39. The van der Waals surface area contributed by atoms with Crippen LogP contribution in [0.3, 0.4) is 0 Å². The molecule has 144 valence electrons. The third-order valence-electron chi connectivity index (χ3n) is 3.97. The highest BCUT2D eigenvalue weighted by atomic mass is 16.5. The Morgan fingerprint density at radius 1 is 1.19 bits per heavy atom. The Kier molecular flexibility index (Phi) is 8.92. The predicted molar refractivity (Wildman–Crippen MR) is 106 cm³/mol. The fourth-order valence-electron chi connectivity index (χ4n) is 2.73. The highest BCUT2D eigenvalue weighted by Gasteiger charge is 2.05. The van der Waals surface area contributed by atoms with Gasteiger partial charge in [0.15, 0.2) is 5.96 Å². The van der Waals surface area contributed by atoms with Crippen molar-refractivity contribution in [1.29, 1.82) is 0 Å². The molecule has 0 spiro atoms. The van der Waals surface area contributed by atoms with Gasteiger partial charge in [-0.25, -0.2) is 4.98 Å². The number of nitrogens with one attached hydrogen (secondary N) is 2. The molecule has 1 aromatic carbocycles. The summed E-state index contributed by atoms with van der Waals surface area (Å²) < 4.78 is 12.7. The average molecular weight is 361 g/mol. The van der Waals surface area contributed by atoms with Crippen molar-refractivity contribution in [2.24, 2.45) is 4.99 Å². The first-order chi connectivity index (χ1) is 12.8. The Labute approximate surface area is 155 Å². The zero-order chi connectivity index (χ0) is 18.6. The van der Waals surface area contributed by atoms with Crippen molar-refractivity contribution in [3.63, 3.8) is 0 Å². The van der Waals surface area contributed by atoms with E-state index in [1.54, 1.807) is 7.11 Å². The number of aryl methyl sites for hydroxylation is 2. The normalized spacial score (nSPS) is 11.9. The van der Waals surface area contributed by atoms with E-state index in [0.29, 0.717) is 19.8 Å². The molecule has 0 atom stereocenters. The minimum absolute atomic E-state index is 0.615. The van der Waals surface area contributed by atoms with Crippen molar-refractivity contribution >= 4 is 17.0 Å². The molecule has 1 aromatic heterocycles. The third-order valence-corrected chi connectivity index (χ3v) is 3.97. The third kappa shape index (κ3) is 6.31. The van der Waals surface area contributed by atoms with Gasteiger partial charge in [0.25, 0.3) is 0 Å². The zero-order valence-corrected chi connectivity index (χ0v) is 16.1. The number of ether oxygens (including phenoxy) is 2. The van der Waals surface area contributed by atoms with Gasteiger partial charge in [-0.15, -0.1) is 0 Å². The van der Waals surface area contributed by atoms with E-state index in [-0.39, 0.29) is 0 Å². The van der Waals surface area contributed by atoms with Gasteiger partial charge in [-0.05, 0) is 32.4 Å². The summed E-state index contributed by atoms with van der Waals surface area (Å²) in [6, 6.07) is 8.25. The Balaban J connectivity index is 1.77. The lowest BCUT2D eigenvalue weighted by Gasteiger charge is -2.12. The van der Waals surface area contributed by atoms with Crippen LogP contribution < -0.4 is 10.6 Å². The average Bonchev–Trinajstić information content (AvgIpc) is 2.96.